The molecule has 0 unspecified atom stereocenters. The normalized spacial score (nSPS) is 16.6. The van der Waals surface area contributed by atoms with Crippen LogP contribution >= 0.6 is 11.3 Å². The van der Waals surface area contributed by atoms with Gasteiger partial charge in [0.1, 0.15) is 23.7 Å². The molecule has 3 aliphatic rings. The molecule has 3 atom stereocenters. The number of halogens is 1. The van der Waals surface area contributed by atoms with Gasteiger partial charge >= 0.3 is 0 Å². The third-order valence-corrected chi connectivity index (χ3v) is 18.1. The van der Waals surface area contributed by atoms with Crippen LogP contribution in [0.2, 0.25) is 0 Å². The number of aryl methyl sites for hydroxylation is 2. The third-order valence-electron chi connectivity index (χ3n) is 17.1. The molecule has 1 aliphatic carbocycles. The monoisotopic (exact) mass is 1260 g/mol. The maximum atomic E-state index is 15.5. The number of piperazine rings is 1. The minimum Gasteiger partial charge on any atom is -0.392 e. The second kappa shape index (κ2) is 28.3. The van der Waals surface area contributed by atoms with Gasteiger partial charge in [-0.25, -0.2) is 19.0 Å². The summed E-state index contributed by atoms with van der Waals surface area (Å²) in [6.45, 7) is 13.4. The van der Waals surface area contributed by atoms with E-state index in [1.54, 1.807) is 72.0 Å². The van der Waals surface area contributed by atoms with Crippen LogP contribution in [0.1, 0.15) is 80.3 Å². The van der Waals surface area contributed by atoms with Gasteiger partial charge in [0.2, 0.25) is 17.7 Å². The van der Waals surface area contributed by atoms with E-state index < -0.39 is 53.1 Å². The highest BCUT2D eigenvalue weighted by Gasteiger charge is 2.44. The number of hydrogen-bond acceptors (Lipinski definition) is 17. The van der Waals surface area contributed by atoms with Crippen molar-refractivity contribution in [3.05, 3.63) is 164 Å². The first kappa shape index (κ1) is 64.0. The van der Waals surface area contributed by atoms with Crippen LogP contribution in [-0.2, 0) is 57.0 Å². The second-order valence-corrected chi connectivity index (χ2v) is 25.7. The van der Waals surface area contributed by atoms with Gasteiger partial charge in [0.05, 0.1) is 80.0 Å². The number of nitrogens with zero attached hydrogens (tertiary/aromatic N) is 10. The van der Waals surface area contributed by atoms with Gasteiger partial charge in [-0.3, -0.25) is 33.4 Å². The molecule has 478 valence electrons. The average molecular weight is 1260 g/mol. The van der Waals surface area contributed by atoms with Crippen molar-refractivity contribution in [2.75, 3.05) is 75.9 Å². The summed E-state index contributed by atoms with van der Waals surface area (Å²) in [6, 6.07) is 22.2. The summed E-state index contributed by atoms with van der Waals surface area (Å²) in [4.78, 5) is 84.6. The molecular formula is C67H78FN13O9S. The minimum atomic E-state index is -0.943. The summed E-state index contributed by atoms with van der Waals surface area (Å²) >= 11 is 1.68. The number of carbonyl (C=O) groups is 3. The number of aromatic nitrogens is 7. The number of hydrogen-bond donors (Lipinski definition) is 5. The van der Waals surface area contributed by atoms with Crippen LogP contribution in [0.25, 0.3) is 38.2 Å². The molecule has 2 aliphatic heterocycles. The van der Waals surface area contributed by atoms with E-state index in [9.17, 15) is 34.2 Å². The van der Waals surface area contributed by atoms with Crippen LogP contribution in [-0.4, -0.2) is 156 Å². The van der Waals surface area contributed by atoms with Crippen molar-refractivity contribution >= 4 is 57.2 Å². The Morgan fingerprint density at radius 2 is 1.68 bits per heavy atom. The Bertz CT molecular complexity index is 4020. The van der Waals surface area contributed by atoms with Gasteiger partial charge < -0.3 is 50.0 Å². The standard InChI is InChI=1S/C67H78FN13O9S/c1-42-20-32-91-60(42)45-11-9-43(10-12-45)36-70-63(85)56-35-50(83)39-81(56)65(87)61(67(2,3)4)73-58(84)19-29-89-28-18-48-38-79(75-74-48)27-31-90-30-26-77-22-24-78(25-23-77)49-15-16-57(69-37-49)72-62-66(88)76(5)40-54(71-62)51-7-6-8-55(52(51)41-82)80-21-17-46-33-47(44-13-14-44)34-53(68)59(46)64(80)86/h6-12,15-17,20-21,32-34,37-38,40,44,50,56,61,82-83H,13-14,18-19,22-31,35-36,39,41H2,1-5H3,(H,70,85)(H,73,84)(H,69,71,72)/t50-,56+,61-/m1/s1. The Kier molecular flexibility index (Phi) is 19.9. The predicted octanol–water partition coefficient (Wildman–Crippen LogP) is 6.62. The molecular weight excluding hydrogens is 1180 g/mol. The highest BCUT2D eigenvalue weighted by molar-refractivity contribution is 7.13. The fraction of sp³-hybridized carbons (Fsp3) is 0.418. The van der Waals surface area contributed by atoms with Crippen molar-refractivity contribution in [2.24, 2.45) is 12.5 Å². The fourth-order valence-corrected chi connectivity index (χ4v) is 12.7. The number of thiophene rings is 1. The van der Waals surface area contributed by atoms with Gasteiger partial charge in [-0.05, 0) is 101 Å². The number of carbonyl (C=O) groups excluding carboxylic acids is 3. The first-order chi connectivity index (χ1) is 43.9. The van der Waals surface area contributed by atoms with Gasteiger partial charge in [-0.1, -0.05) is 68.4 Å². The predicted molar refractivity (Wildman–Crippen MR) is 346 cm³/mol. The molecule has 5 N–H and O–H groups in total. The number of aliphatic hydroxyl groups is 2. The Morgan fingerprint density at radius 1 is 0.901 bits per heavy atom. The Balaban J connectivity index is 0.576. The smallest absolute Gasteiger partial charge is 0.293 e. The summed E-state index contributed by atoms with van der Waals surface area (Å²) in [5, 5.41) is 41.4. The Morgan fingerprint density at radius 3 is 2.41 bits per heavy atom. The molecule has 0 radical (unpaired) electrons. The van der Waals surface area contributed by atoms with Crippen molar-refractivity contribution in [1.29, 1.82) is 0 Å². The lowest BCUT2D eigenvalue weighted by Crippen LogP contribution is -2.57. The van der Waals surface area contributed by atoms with Crippen molar-refractivity contribution in [2.45, 2.75) is 104 Å². The first-order valence-corrected chi connectivity index (χ1v) is 31.9. The number of benzene rings is 3. The number of aliphatic hydroxyl groups excluding tert-OH is 2. The van der Waals surface area contributed by atoms with E-state index in [4.69, 9.17) is 9.47 Å². The maximum Gasteiger partial charge on any atom is 0.293 e. The van der Waals surface area contributed by atoms with Crippen molar-refractivity contribution in [3.8, 4) is 27.4 Å². The molecule has 7 heterocycles. The summed E-state index contributed by atoms with van der Waals surface area (Å²) in [7, 11) is 1.61. The van der Waals surface area contributed by atoms with Gasteiger partial charge in [0.15, 0.2) is 5.82 Å². The zero-order valence-corrected chi connectivity index (χ0v) is 52.8. The quantitative estimate of drug-likeness (QED) is 0.0377. The van der Waals surface area contributed by atoms with E-state index in [0.717, 1.165) is 73.6 Å². The fourth-order valence-electron chi connectivity index (χ4n) is 11.8. The molecule has 2 saturated heterocycles. The van der Waals surface area contributed by atoms with Gasteiger partial charge in [-0.2, -0.15) is 0 Å². The SMILES string of the molecule is Cc1ccsc1-c1ccc(CNC(=O)[C@@H]2C[C@@H](O)CN2C(=O)[C@@H](NC(=O)CCOCCc2cn(CCOCCN3CCN(c4ccc(Nc5nc(-c6cccc(-n7ccc8cc(C9CC9)cc(F)c8c7=O)c6CO)cn(C)c5=O)nc4)CC3)nn2)C(C)(C)C)cc1. The van der Waals surface area contributed by atoms with Gasteiger partial charge in [-0.15, -0.1) is 16.4 Å². The lowest BCUT2D eigenvalue weighted by atomic mass is 9.85. The number of rotatable bonds is 25. The van der Waals surface area contributed by atoms with Crippen LogP contribution in [0.4, 0.5) is 21.7 Å². The van der Waals surface area contributed by atoms with Crippen molar-refractivity contribution in [3.63, 3.8) is 0 Å². The van der Waals surface area contributed by atoms with Crippen LogP contribution in [0.3, 0.4) is 0 Å². The lowest BCUT2D eigenvalue weighted by molar-refractivity contribution is -0.144. The lowest BCUT2D eigenvalue weighted by Gasteiger charge is -2.35. The zero-order chi connectivity index (χ0) is 63.9. The third kappa shape index (κ3) is 15.3. The number of anilines is 3. The van der Waals surface area contributed by atoms with Gasteiger partial charge in [0, 0.05) is 107 Å². The molecule has 3 fully saturated rings. The summed E-state index contributed by atoms with van der Waals surface area (Å²) in [6.07, 6.45) is 8.52. The van der Waals surface area contributed by atoms with Crippen LogP contribution in [0, 0.1) is 18.2 Å². The van der Waals surface area contributed by atoms with Crippen molar-refractivity contribution < 1.29 is 38.5 Å². The molecule has 0 bridgehead atoms. The first-order valence-electron chi connectivity index (χ1n) is 31.0. The molecule has 0 spiro atoms. The van der Waals surface area contributed by atoms with E-state index in [2.05, 4.69) is 64.4 Å². The molecule has 24 heteroatoms. The molecule has 91 heavy (non-hydrogen) atoms. The molecule has 11 rings (SSSR count). The van der Waals surface area contributed by atoms with E-state index in [1.165, 1.54) is 30.5 Å². The molecule has 3 amide bonds. The van der Waals surface area contributed by atoms with Crippen LogP contribution < -0.4 is 32.0 Å². The number of β-amino-alcohol motifs (C(OH)–C–C–N with tert-alkyl or cyclic N) is 1. The average Bonchev–Trinajstić information content (AvgIpc) is 1.34. The maximum absolute atomic E-state index is 15.5. The highest BCUT2D eigenvalue weighted by Crippen LogP contribution is 2.41. The topological polar surface area (TPSA) is 256 Å². The number of fused-ring (bicyclic) bond motifs is 1. The van der Waals surface area contributed by atoms with Crippen LogP contribution in [0.15, 0.2) is 119 Å². The highest BCUT2D eigenvalue weighted by atomic mass is 32.1. The summed E-state index contributed by atoms with van der Waals surface area (Å²) in [5.41, 5.74) is 5.79. The molecule has 1 saturated carbocycles. The van der Waals surface area contributed by atoms with E-state index in [1.807, 2.05) is 63.4 Å². The van der Waals surface area contributed by atoms with E-state index in [-0.39, 0.29) is 55.6 Å². The minimum absolute atomic E-state index is 0.0112. The number of likely N-dealkylation sites (tertiary alicyclic amines) is 1. The molecule has 5 aromatic heterocycles. The number of amides is 3. The number of ether oxygens (including phenoxy) is 2. The number of pyridine rings is 2. The van der Waals surface area contributed by atoms with Gasteiger partial charge in [0.25, 0.3) is 11.1 Å². The van der Waals surface area contributed by atoms with E-state index in [0.29, 0.717) is 72.4 Å². The largest absolute Gasteiger partial charge is 0.392 e. The second-order valence-electron chi connectivity index (χ2n) is 24.7. The number of nitrogens with one attached hydrogen (secondary N) is 3. The Labute approximate surface area is 530 Å². The summed E-state index contributed by atoms with van der Waals surface area (Å²) in [5.74, 6) is -0.956. The molecule has 8 aromatic rings. The van der Waals surface area contributed by atoms with Crippen molar-refractivity contribution in [1.82, 2.24) is 54.5 Å². The summed E-state index contributed by atoms with van der Waals surface area (Å²) < 4.78 is 31.7. The zero-order valence-electron chi connectivity index (χ0n) is 51.9. The van der Waals surface area contributed by atoms with Crippen LogP contribution in [0.5, 0.6) is 0 Å². The molecule has 22 nitrogen and oxygen atoms in total. The Hall–Kier alpha value is -8.52. The van der Waals surface area contributed by atoms with E-state index >= 15 is 4.39 Å². The molecule has 3 aromatic carbocycles.